The Morgan fingerprint density at radius 2 is 2.21 bits per heavy atom. The van der Waals surface area contributed by atoms with Gasteiger partial charge in [0.25, 0.3) is 0 Å². The molecule has 0 spiro atoms. The summed E-state index contributed by atoms with van der Waals surface area (Å²) in [6, 6.07) is 0. The third-order valence-corrected chi connectivity index (χ3v) is 2.76. The summed E-state index contributed by atoms with van der Waals surface area (Å²) < 4.78 is 4.91. The van der Waals surface area contributed by atoms with Crippen LogP contribution in [0.2, 0.25) is 0 Å². The van der Waals surface area contributed by atoms with E-state index in [1.165, 1.54) is 4.90 Å². The molecule has 0 aromatic rings. The Balaban J connectivity index is 2.21. The lowest BCUT2D eigenvalue weighted by Gasteiger charge is -2.16. The minimum absolute atomic E-state index is 0.0349. The molecule has 7 nitrogen and oxygen atoms in total. The second-order valence-electron chi connectivity index (χ2n) is 5.00. The lowest BCUT2D eigenvalue weighted by atomic mass is 10.1. The minimum Gasteiger partial charge on any atom is -0.481 e. The lowest BCUT2D eigenvalue weighted by Crippen LogP contribution is -2.36. The monoisotopic (exact) mass is 272 g/mol. The molecule has 0 aliphatic carbocycles. The van der Waals surface area contributed by atoms with Crippen molar-refractivity contribution in [3.63, 3.8) is 0 Å². The van der Waals surface area contributed by atoms with E-state index in [9.17, 15) is 14.4 Å². The van der Waals surface area contributed by atoms with Crippen LogP contribution >= 0.6 is 0 Å². The second kappa shape index (κ2) is 6.96. The van der Waals surface area contributed by atoms with Crippen molar-refractivity contribution in [2.24, 2.45) is 11.8 Å². The Bertz CT molecular complexity index is 356. The largest absolute Gasteiger partial charge is 0.481 e. The zero-order chi connectivity index (χ0) is 14.4. The minimum atomic E-state index is -0.958. The molecule has 108 valence electrons. The number of nitrogens with one attached hydrogen (secondary N) is 1. The predicted octanol–water partition coefficient (Wildman–Crippen LogP) is 0.302. The summed E-state index contributed by atoms with van der Waals surface area (Å²) in [7, 11) is 0. The molecule has 1 aliphatic heterocycles. The number of carboxylic acids is 1. The van der Waals surface area contributed by atoms with E-state index >= 15 is 0 Å². The lowest BCUT2D eigenvalue weighted by molar-refractivity contribution is -0.141. The van der Waals surface area contributed by atoms with E-state index in [1.807, 2.05) is 13.8 Å². The molecule has 1 saturated heterocycles. The van der Waals surface area contributed by atoms with Crippen LogP contribution in [0.1, 0.15) is 20.3 Å². The van der Waals surface area contributed by atoms with Gasteiger partial charge in [0.05, 0.1) is 12.5 Å². The van der Waals surface area contributed by atoms with Crippen molar-refractivity contribution >= 4 is 18.0 Å². The number of nitrogens with zero attached hydrogens (tertiary/aromatic N) is 1. The number of aliphatic carboxylic acids is 1. The summed E-state index contributed by atoms with van der Waals surface area (Å²) in [5.74, 6) is -1.52. The average Bonchev–Trinajstić information content (AvgIpc) is 2.69. The van der Waals surface area contributed by atoms with Crippen molar-refractivity contribution in [2.75, 3.05) is 26.2 Å². The summed E-state index contributed by atoms with van der Waals surface area (Å²) in [6.07, 6.45) is -0.484. The highest BCUT2D eigenvalue weighted by atomic mass is 16.5. The SMILES string of the molecule is CC(C)COC(=O)NCCN1CC(C(=O)O)CC1=O. The molecule has 1 atom stereocenters. The van der Waals surface area contributed by atoms with Crippen LogP contribution in [0, 0.1) is 11.8 Å². The number of amides is 2. The first kappa shape index (κ1) is 15.3. The van der Waals surface area contributed by atoms with E-state index in [4.69, 9.17) is 9.84 Å². The molecule has 1 heterocycles. The van der Waals surface area contributed by atoms with Gasteiger partial charge in [-0.1, -0.05) is 13.8 Å². The van der Waals surface area contributed by atoms with Crippen LogP contribution in [0.25, 0.3) is 0 Å². The fourth-order valence-corrected chi connectivity index (χ4v) is 1.74. The molecule has 1 aliphatic rings. The van der Waals surface area contributed by atoms with Gasteiger partial charge in [0.15, 0.2) is 0 Å². The second-order valence-corrected chi connectivity index (χ2v) is 5.00. The van der Waals surface area contributed by atoms with Gasteiger partial charge < -0.3 is 20.1 Å². The van der Waals surface area contributed by atoms with Crippen LogP contribution < -0.4 is 5.32 Å². The Hall–Kier alpha value is -1.79. The number of hydrogen-bond donors (Lipinski definition) is 2. The van der Waals surface area contributed by atoms with Gasteiger partial charge in [-0.25, -0.2) is 4.79 Å². The van der Waals surface area contributed by atoms with Gasteiger partial charge >= 0.3 is 12.1 Å². The van der Waals surface area contributed by atoms with E-state index in [1.54, 1.807) is 0 Å². The zero-order valence-corrected chi connectivity index (χ0v) is 11.2. The number of carbonyl (C=O) groups is 3. The van der Waals surface area contributed by atoms with E-state index < -0.39 is 18.0 Å². The van der Waals surface area contributed by atoms with Gasteiger partial charge in [0.2, 0.25) is 5.91 Å². The molecular formula is C12H20N2O5. The number of alkyl carbamates (subject to hydrolysis) is 1. The summed E-state index contributed by atoms with van der Waals surface area (Å²) in [5, 5.41) is 11.3. The van der Waals surface area contributed by atoms with Gasteiger partial charge in [-0.3, -0.25) is 9.59 Å². The highest BCUT2D eigenvalue weighted by molar-refractivity contribution is 5.86. The molecule has 0 aromatic heterocycles. The van der Waals surface area contributed by atoms with Crippen LogP contribution in [-0.2, 0) is 14.3 Å². The van der Waals surface area contributed by atoms with Crippen LogP contribution in [0.5, 0.6) is 0 Å². The molecule has 19 heavy (non-hydrogen) atoms. The van der Waals surface area contributed by atoms with Gasteiger partial charge in [0, 0.05) is 26.1 Å². The van der Waals surface area contributed by atoms with Crippen LogP contribution in [0.4, 0.5) is 4.79 Å². The number of carboxylic acid groups (broad SMARTS) is 1. The number of hydrogen-bond acceptors (Lipinski definition) is 4. The fraction of sp³-hybridized carbons (Fsp3) is 0.750. The first-order valence-corrected chi connectivity index (χ1v) is 6.31. The van der Waals surface area contributed by atoms with Gasteiger partial charge in [-0.15, -0.1) is 0 Å². The van der Waals surface area contributed by atoms with Crippen molar-refractivity contribution in [3.8, 4) is 0 Å². The maximum Gasteiger partial charge on any atom is 0.407 e. The third-order valence-electron chi connectivity index (χ3n) is 2.76. The van der Waals surface area contributed by atoms with Crippen LogP contribution in [0.3, 0.4) is 0 Å². The molecule has 2 amide bonds. The molecule has 7 heteroatoms. The van der Waals surface area contributed by atoms with E-state index in [2.05, 4.69) is 5.32 Å². The molecular weight excluding hydrogens is 252 g/mol. The number of ether oxygens (including phenoxy) is 1. The van der Waals surface area contributed by atoms with Crippen molar-refractivity contribution in [2.45, 2.75) is 20.3 Å². The number of carbonyl (C=O) groups excluding carboxylic acids is 2. The molecule has 2 N–H and O–H groups in total. The average molecular weight is 272 g/mol. The van der Waals surface area contributed by atoms with Crippen molar-refractivity contribution in [1.82, 2.24) is 10.2 Å². The van der Waals surface area contributed by atoms with Crippen molar-refractivity contribution in [3.05, 3.63) is 0 Å². The van der Waals surface area contributed by atoms with E-state index in [-0.39, 0.29) is 31.3 Å². The Labute approximate surface area is 111 Å². The smallest absolute Gasteiger partial charge is 0.407 e. The third kappa shape index (κ3) is 5.15. The summed E-state index contributed by atoms with van der Waals surface area (Å²) in [6.45, 7) is 4.98. The Morgan fingerprint density at radius 3 is 2.74 bits per heavy atom. The molecule has 1 rings (SSSR count). The Morgan fingerprint density at radius 1 is 1.53 bits per heavy atom. The topological polar surface area (TPSA) is 95.9 Å². The van der Waals surface area contributed by atoms with E-state index in [0.29, 0.717) is 13.2 Å². The van der Waals surface area contributed by atoms with E-state index in [0.717, 1.165) is 0 Å². The predicted molar refractivity (Wildman–Crippen MR) is 66.5 cm³/mol. The Kier molecular flexibility index (Phi) is 5.59. The summed E-state index contributed by atoms with van der Waals surface area (Å²) >= 11 is 0. The first-order valence-electron chi connectivity index (χ1n) is 6.31. The standard InChI is InChI=1S/C12H20N2O5/c1-8(2)7-19-12(18)13-3-4-14-6-9(11(16)17)5-10(14)15/h8-9H,3-7H2,1-2H3,(H,13,18)(H,16,17). The normalized spacial score (nSPS) is 18.8. The number of rotatable bonds is 6. The molecule has 1 unspecified atom stereocenters. The number of likely N-dealkylation sites (tertiary alicyclic amines) is 1. The fourth-order valence-electron chi connectivity index (χ4n) is 1.74. The quantitative estimate of drug-likeness (QED) is 0.725. The molecule has 0 saturated carbocycles. The van der Waals surface area contributed by atoms with Gasteiger partial charge in [-0.05, 0) is 5.92 Å². The molecule has 0 bridgehead atoms. The first-order chi connectivity index (χ1) is 8.90. The highest BCUT2D eigenvalue weighted by Gasteiger charge is 2.33. The van der Waals surface area contributed by atoms with Crippen LogP contribution in [0.15, 0.2) is 0 Å². The maximum absolute atomic E-state index is 11.5. The summed E-state index contributed by atoms with van der Waals surface area (Å²) in [5.41, 5.74) is 0. The molecule has 1 fully saturated rings. The zero-order valence-electron chi connectivity index (χ0n) is 11.2. The van der Waals surface area contributed by atoms with Gasteiger partial charge in [0.1, 0.15) is 0 Å². The van der Waals surface area contributed by atoms with Crippen molar-refractivity contribution < 1.29 is 24.2 Å². The maximum atomic E-state index is 11.5. The summed E-state index contributed by atoms with van der Waals surface area (Å²) in [4.78, 5) is 34.9. The molecule has 0 radical (unpaired) electrons. The molecule has 0 aromatic carbocycles. The van der Waals surface area contributed by atoms with Crippen molar-refractivity contribution in [1.29, 1.82) is 0 Å². The van der Waals surface area contributed by atoms with Gasteiger partial charge in [-0.2, -0.15) is 0 Å². The highest BCUT2D eigenvalue weighted by Crippen LogP contribution is 2.16. The van der Waals surface area contributed by atoms with Crippen LogP contribution in [-0.4, -0.2) is 54.2 Å².